The van der Waals surface area contributed by atoms with Gasteiger partial charge in [0.05, 0.1) is 6.61 Å². The molecule has 2 aromatic rings. The Kier molecular flexibility index (Phi) is 5.93. The average molecular weight is 419 g/mol. The van der Waals surface area contributed by atoms with E-state index in [4.69, 9.17) is 4.74 Å². The summed E-state index contributed by atoms with van der Waals surface area (Å²) in [4.78, 5) is 2.45. The van der Waals surface area contributed by atoms with Crippen molar-refractivity contribution in [2.75, 3.05) is 6.61 Å². The smallest absolute Gasteiger partial charge is 0.358 e. The molecular weight excluding hydrogens is 389 g/mol. The Morgan fingerprint density at radius 1 is 0.933 bits per heavy atom. The highest BCUT2D eigenvalue weighted by atomic mass is 19.4. The maximum atomic E-state index is 13.4. The molecule has 1 N–H and O–H groups in total. The van der Waals surface area contributed by atoms with Gasteiger partial charge in [-0.05, 0) is 43.7 Å². The zero-order chi connectivity index (χ0) is 21.2. The molecule has 1 aliphatic carbocycles. The quantitative estimate of drug-likeness (QED) is 0.716. The Balaban J connectivity index is 1.45. The minimum absolute atomic E-state index is 0.305. The van der Waals surface area contributed by atoms with Crippen LogP contribution in [0.5, 0.6) is 0 Å². The highest BCUT2D eigenvalue weighted by Gasteiger charge is 2.60. The van der Waals surface area contributed by atoms with Crippen molar-refractivity contribution in [2.45, 2.75) is 69.2 Å². The van der Waals surface area contributed by atoms with E-state index in [9.17, 15) is 13.2 Å². The van der Waals surface area contributed by atoms with Gasteiger partial charge in [0, 0.05) is 19.1 Å². The van der Waals surface area contributed by atoms with Gasteiger partial charge in [-0.3, -0.25) is 10.2 Å². The van der Waals surface area contributed by atoms with Gasteiger partial charge in [-0.25, -0.2) is 0 Å². The molecule has 1 saturated heterocycles. The summed E-state index contributed by atoms with van der Waals surface area (Å²) in [5.41, 5.74) is -0.332. The number of ether oxygens (including phenoxy) is 1. The maximum Gasteiger partial charge on any atom is 0.408 e. The Bertz CT molecular complexity index is 778. The molecule has 6 heteroatoms. The van der Waals surface area contributed by atoms with Crippen molar-refractivity contribution in [2.24, 2.45) is 0 Å². The first-order valence-corrected chi connectivity index (χ1v) is 10.6. The number of alkyl halides is 3. The predicted octanol–water partition coefficient (Wildman–Crippen LogP) is 5.27. The van der Waals surface area contributed by atoms with Crippen LogP contribution < -0.4 is 5.32 Å². The summed E-state index contributed by atoms with van der Waals surface area (Å²) in [6.07, 6.45) is -1.53. The van der Waals surface area contributed by atoms with Crippen molar-refractivity contribution in [1.29, 1.82) is 0 Å². The fraction of sp³-hybridized carbons (Fsp3) is 0.500. The molecule has 2 aromatic carbocycles. The molecule has 1 unspecified atom stereocenters. The summed E-state index contributed by atoms with van der Waals surface area (Å²) in [7, 11) is 0. The van der Waals surface area contributed by atoms with Crippen LogP contribution in [0, 0.1) is 0 Å². The lowest BCUT2D eigenvalue weighted by Crippen LogP contribution is -2.59. The van der Waals surface area contributed by atoms with Crippen LogP contribution in [-0.2, 0) is 17.8 Å². The summed E-state index contributed by atoms with van der Waals surface area (Å²) >= 11 is 0. The molecule has 0 radical (unpaired) electrons. The molecule has 2 fully saturated rings. The molecule has 0 amide bonds. The molecule has 2 aliphatic rings. The minimum atomic E-state index is -4.32. The molecule has 3 nitrogen and oxygen atoms in total. The summed E-state index contributed by atoms with van der Waals surface area (Å²) in [5, 5.41) is 2.82. The monoisotopic (exact) mass is 418 g/mol. The average Bonchev–Trinajstić information content (AvgIpc) is 3.07. The van der Waals surface area contributed by atoms with E-state index in [2.05, 4.69) is 34.5 Å². The van der Waals surface area contributed by atoms with Crippen LogP contribution in [0.2, 0.25) is 0 Å². The minimum Gasteiger partial charge on any atom is -0.358 e. The Hall–Kier alpha value is -1.89. The largest absolute Gasteiger partial charge is 0.408 e. The summed E-state index contributed by atoms with van der Waals surface area (Å²) in [6.45, 7) is 2.52. The van der Waals surface area contributed by atoms with E-state index in [1.807, 2.05) is 36.4 Å². The van der Waals surface area contributed by atoms with Crippen LogP contribution in [0.15, 0.2) is 60.7 Å². The van der Waals surface area contributed by atoms with Gasteiger partial charge < -0.3 is 4.74 Å². The Labute approximate surface area is 176 Å². The lowest BCUT2D eigenvalue weighted by Gasteiger charge is -2.42. The van der Waals surface area contributed by atoms with Crippen molar-refractivity contribution < 1.29 is 17.9 Å². The first-order valence-electron chi connectivity index (χ1n) is 10.6. The molecule has 0 aromatic heterocycles. The number of nitrogens with zero attached hydrogens (tertiary/aromatic N) is 1. The second-order valence-electron chi connectivity index (χ2n) is 8.85. The number of halogens is 3. The third kappa shape index (κ3) is 4.56. The topological polar surface area (TPSA) is 24.5 Å². The van der Waals surface area contributed by atoms with Gasteiger partial charge in [0.15, 0.2) is 0 Å². The molecule has 30 heavy (non-hydrogen) atoms. The van der Waals surface area contributed by atoms with Crippen molar-refractivity contribution in [3.63, 3.8) is 0 Å². The van der Waals surface area contributed by atoms with Crippen LogP contribution in [0.3, 0.4) is 0 Å². The summed E-state index contributed by atoms with van der Waals surface area (Å²) in [5.74, 6) is 0. The zero-order valence-corrected chi connectivity index (χ0v) is 17.3. The first-order chi connectivity index (χ1) is 14.3. The third-order valence-corrected chi connectivity index (χ3v) is 6.50. The molecule has 4 rings (SSSR count). The van der Waals surface area contributed by atoms with E-state index >= 15 is 0 Å². The molecule has 1 atom stereocenters. The second-order valence-corrected chi connectivity index (χ2v) is 8.85. The SMILES string of the molecule is CC1(C(F)(F)F)COC2(CCC(N(Cc3ccccc3)Cc3ccccc3)CC2)N1. The molecule has 0 bridgehead atoms. The number of benzene rings is 2. The van der Waals surface area contributed by atoms with E-state index < -0.39 is 17.4 Å². The number of nitrogens with one attached hydrogen (secondary N) is 1. The highest BCUT2D eigenvalue weighted by molar-refractivity contribution is 5.17. The second kappa shape index (κ2) is 8.33. The lowest BCUT2D eigenvalue weighted by molar-refractivity contribution is -0.187. The van der Waals surface area contributed by atoms with Gasteiger partial charge in [-0.2, -0.15) is 13.2 Å². The van der Waals surface area contributed by atoms with E-state index in [-0.39, 0.29) is 6.61 Å². The summed E-state index contributed by atoms with van der Waals surface area (Å²) < 4.78 is 46.0. The Morgan fingerprint density at radius 2 is 1.43 bits per heavy atom. The summed E-state index contributed by atoms with van der Waals surface area (Å²) in [6, 6.07) is 21.0. The van der Waals surface area contributed by atoms with Crippen molar-refractivity contribution in [1.82, 2.24) is 10.2 Å². The number of rotatable bonds is 5. The fourth-order valence-corrected chi connectivity index (χ4v) is 4.66. The van der Waals surface area contributed by atoms with Crippen molar-refractivity contribution in [3.8, 4) is 0 Å². The maximum absolute atomic E-state index is 13.4. The van der Waals surface area contributed by atoms with Crippen molar-refractivity contribution >= 4 is 0 Å². The lowest BCUT2D eigenvalue weighted by atomic mass is 9.86. The van der Waals surface area contributed by atoms with Crippen LogP contribution in [-0.4, -0.2) is 35.0 Å². The van der Waals surface area contributed by atoms with Gasteiger partial charge in [0.25, 0.3) is 0 Å². The first kappa shape index (κ1) is 21.3. The van der Waals surface area contributed by atoms with Crippen LogP contribution in [0.4, 0.5) is 13.2 Å². The fourth-order valence-electron chi connectivity index (χ4n) is 4.66. The van der Waals surface area contributed by atoms with Gasteiger partial charge in [0.2, 0.25) is 0 Å². The van der Waals surface area contributed by atoms with Crippen LogP contribution in [0.1, 0.15) is 43.7 Å². The zero-order valence-electron chi connectivity index (χ0n) is 17.3. The van der Waals surface area contributed by atoms with Crippen LogP contribution in [0.25, 0.3) is 0 Å². The van der Waals surface area contributed by atoms with Gasteiger partial charge in [0.1, 0.15) is 11.3 Å². The van der Waals surface area contributed by atoms with E-state index in [1.165, 1.54) is 18.1 Å². The standard InChI is InChI=1S/C24H29F3N2O/c1-22(24(25,26)27)18-30-23(28-22)14-12-21(13-15-23)29(16-19-8-4-2-5-9-19)17-20-10-6-3-7-11-20/h2-11,21,28H,12-18H2,1H3. The third-order valence-electron chi connectivity index (χ3n) is 6.50. The molecular formula is C24H29F3N2O. The van der Waals surface area contributed by atoms with Crippen molar-refractivity contribution in [3.05, 3.63) is 71.8 Å². The van der Waals surface area contributed by atoms with E-state index in [0.29, 0.717) is 18.9 Å². The highest BCUT2D eigenvalue weighted by Crippen LogP contribution is 2.43. The van der Waals surface area contributed by atoms with Gasteiger partial charge in [-0.15, -0.1) is 0 Å². The number of hydrogen-bond donors (Lipinski definition) is 1. The molecule has 1 saturated carbocycles. The molecule has 1 aliphatic heterocycles. The van der Waals surface area contributed by atoms with Gasteiger partial charge >= 0.3 is 6.18 Å². The number of hydrogen-bond acceptors (Lipinski definition) is 3. The Morgan fingerprint density at radius 3 is 1.87 bits per heavy atom. The normalized spacial score (nSPS) is 29.6. The molecule has 1 spiro atoms. The predicted molar refractivity (Wildman–Crippen MR) is 111 cm³/mol. The van der Waals surface area contributed by atoms with Crippen LogP contribution >= 0.6 is 0 Å². The van der Waals surface area contributed by atoms with E-state index in [1.54, 1.807) is 0 Å². The van der Waals surface area contributed by atoms with E-state index in [0.717, 1.165) is 25.9 Å². The molecule has 1 heterocycles. The van der Waals surface area contributed by atoms with Gasteiger partial charge in [-0.1, -0.05) is 60.7 Å². The molecule has 162 valence electrons.